The highest BCUT2D eigenvalue weighted by Gasteiger charge is 2.75. The third-order valence-electron chi connectivity index (χ3n) is 18.6. The molecule has 4 bridgehead atoms. The van der Waals surface area contributed by atoms with Gasteiger partial charge in [-0.3, -0.25) is 4.79 Å². The first-order chi connectivity index (χ1) is 31.5. The fourth-order valence-electron chi connectivity index (χ4n) is 16.1. The van der Waals surface area contributed by atoms with Gasteiger partial charge in [0.05, 0.1) is 19.8 Å². The van der Waals surface area contributed by atoms with E-state index in [1.54, 1.807) is 6.07 Å². The summed E-state index contributed by atoms with van der Waals surface area (Å²) < 4.78 is 5.63. The van der Waals surface area contributed by atoms with Gasteiger partial charge in [0.15, 0.2) is 23.0 Å². The molecule has 9 heteroatoms. The standard InChI is InChI=1S/C56H69NO8/c1-3-4-6-15-39-45(60)25-40(41-27-49(65-2)48(63)23-36(41)31-59)34(22-33-11-7-5-8-12-33)16-17-35-30-57-51-18-20-55-32-54(19-9-13-37(54)24-38(55)14-10-21-58)43-29-50(55)56(51,52(35)53(39)64)44-28-47(62)46(61)26-42(43)44/h5,7-8,11-12,23-24,26-28,34-35,37,39-40,43,50-53,57-59,61-64H,3-4,6,9-10,13-15,18-22,25,29-32H2,1-2H3/t34-,35-,37+,39-,40+,43+,50+,51-,52-,53-,54+,55-,56-/m0/s1. The van der Waals surface area contributed by atoms with Gasteiger partial charge in [-0.15, -0.1) is 0 Å². The van der Waals surface area contributed by atoms with Crippen LogP contribution in [0.4, 0.5) is 0 Å². The number of rotatable bonds is 12. The first kappa shape index (κ1) is 44.5. The number of aliphatic hydroxyl groups is 3. The molecule has 0 aromatic heterocycles. The van der Waals surface area contributed by atoms with Crippen molar-refractivity contribution in [2.45, 2.75) is 139 Å². The molecule has 1 aliphatic heterocycles. The average molecular weight is 884 g/mol. The molecule has 4 fully saturated rings. The van der Waals surface area contributed by atoms with E-state index in [9.17, 15) is 30.6 Å². The number of carbonyl (C=O) groups is 1. The molecule has 10 rings (SSSR count). The largest absolute Gasteiger partial charge is 0.504 e. The Labute approximate surface area is 384 Å². The number of unbranched alkanes of at least 4 members (excludes halogenated alkanes) is 2. The predicted molar refractivity (Wildman–Crippen MR) is 250 cm³/mol. The number of phenolic OH excluding ortho intramolecular Hbond substituents is 3. The number of aromatic hydroxyl groups is 3. The molecule has 6 aliphatic carbocycles. The van der Waals surface area contributed by atoms with Gasteiger partial charge in [0.25, 0.3) is 0 Å². The van der Waals surface area contributed by atoms with Crippen molar-refractivity contribution in [3.63, 3.8) is 0 Å². The van der Waals surface area contributed by atoms with Crippen LogP contribution >= 0.6 is 0 Å². The summed E-state index contributed by atoms with van der Waals surface area (Å²) >= 11 is 0. The molecule has 346 valence electrons. The van der Waals surface area contributed by atoms with Crippen LogP contribution in [0.25, 0.3) is 0 Å². The number of hydrogen-bond acceptors (Lipinski definition) is 9. The SMILES string of the molecule is CCCCC[C@H]1C(=O)C[C@@H](c2cc(OC)c(O)cc2CO)[C@H](Cc2ccccc2)C#C[C@H]2CN[C@H]3CC[C@]45C[C@@]6(CCC[C@@H]6C=C4CCCO)[C@@H]4C[C@H]5[C@]3(c3cc(O)c(O)cc34)[C@@H]2[C@H]1O. The Morgan fingerprint density at radius 3 is 2.51 bits per heavy atom. The molecule has 7 aliphatic rings. The van der Waals surface area contributed by atoms with Crippen LogP contribution in [0.5, 0.6) is 23.0 Å². The highest BCUT2D eigenvalue weighted by atomic mass is 16.5. The Hall–Kier alpha value is -4.33. The minimum atomic E-state index is -1.06. The monoisotopic (exact) mass is 884 g/mol. The Bertz CT molecular complexity index is 2390. The van der Waals surface area contributed by atoms with Crippen molar-refractivity contribution in [3.05, 3.63) is 94.1 Å². The molecule has 0 unspecified atom stereocenters. The van der Waals surface area contributed by atoms with E-state index < -0.39 is 29.3 Å². The summed E-state index contributed by atoms with van der Waals surface area (Å²) in [5.74, 6) is 5.88. The number of methoxy groups -OCH3 is 1. The number of fused-ring (bicyclic) bond motifs is 4. The van der Waals surface area contributed by atoms with Crippen molar-refractivity contribution in [2.24, 2.45) is 46.3 Å². The summed E-state index contributed by atoms with van der Waals surface area (Å²) in [6.45, 7) is 2.48. The molecule has 3 aromatic rings. The van der Waals surface area contributed by atoms with Crippen LogP contribution in [0.2, 0.25) is 0 Å². The van der Waals surface area contributed by atoms with Crippen LogP contribution in [-0.4, -0.2) is 68.8 Å². The van der Waals surface area contributed by atoms with Gasteiger partial charge < -0.3 is 40.7 Å². The quantitative estimate of drug-likeness (QED) is 0.0409. The lowest BCUT2D eigenvalue weighted by atomic mass is 9.31. The van der Waals surface area contributed by atoms with Crippen LogP contribution in [0, 0.1) is 58.2 Å². The maximum atomic E-state index is 15.7. The summed E-state index contributed by atoms with van der Waals surface area (Å²) in [5, 5.41) is 72.9. The van der Waals surface area contributed by atoms with E-state index in [0.29, 0.717) is 42.9 Å². The van der Waals surface area contributed by atoms with E-state index in [1.807, 2.05) is 30.3 Å². The van der Waals surface area contributed by atoms with Gasteiger partial charge in [0.2, 0.25) is 0 Å². The Balaban J connectivity index is 1.21. The molecule has 3 saturated carbocycles. The smallest absolute Gasteiger partial charge is 0.160 e. The van der Waals surface area contributed by atoms with E-state index in [0.717, 1.165) is 87.3 Å². The van der Waals surface area contributed by atoms with E-state index >= 15 is 4.79 Å². The highest BCUT2D eigenvalue weighted by Crippen LogP contribution is 2.79. The van der Waals surface area contributed by atoms with Crippen LogP contribution in [0.3, 0.4) is 0 Å². The van der Waals surface area contributed by atoms with E-state index in [1.165, 1.54) is 18.7 Å². The second kappa shape index (κ2) is 17.4. The van der Waals surface area contributed by atoms with Crippen molar-refractivity contribution in [2.75, 3.05) is 20.3 Å². The molecular formula is C56H69NO8. The van der Waals surface area contributed by atoms with Crippen molar-refractivity contribution in [3.8, 4) is 34.8 Å². The Morgan fingerprint density at radius 1 is 0.923 bits per heavy atom. The number of ketones is 1. The number of ether oxygens (including phenoxy) is 1. The first-order valence-electron chi connectivity index (χ1n) is 24.9. The number of nitrogens with one attached hydrogen (secondary N) is 1. The van der Waals surface area contributed by atoms with Crippen LogP contribution in [-0.2, 0) is 23.2 Å². The fourth-order valence-corrected chi connectivity index (χ4v) is 16.1. The topological polar surface area (TPSA) is 160 Å². The molecule has 3 spiro atoms. The van der Waals surface area contributed by atoms with Gasteiger partial charge in [0.1, 0.15) is 5.78 Å². The summed E-state index contributed by atoms with van der Waals surface area (Å²) in [6.07, 6.45) is 14.2. The lowest BCUT2D eigenvalue weighted by molar-refractivity contribution is -0.165. The van der Waals surface area contributed by atoms with Crippen molar-refractivity contribution in [1.29, 1.82) is 0 Å². The summed E-state index contributed by atoms with van der Waals surface area (Å²) in [6, 6.07) is 17.2. The van der Waals surface area contributed by atoms with Crippen molar-refractivity contribution < 1.29 is 40.2 Å². The van der Waals surface area contributed by atoms with Crippen molar-refractivity contribution >= 4 is 5.78 Å². The predicted octanol–water partition coefficient (Wildman–Crippen LogP) is 8.71. The molecule has 65 heavy (non-hydrogen) atoms. The molecule has 3 aromatic carbocycles. The third-order valence-corrected chi connectivity index (χ3v) is 18.6. The Kier molecular flexibility index (Phi) is 11.9. The molecule has 13 atom stereocenters. The van der Waals surface area contributed by atoms with Crippen LogP contribution in [0.1, 0.15) is 136 Å². The number of piperidine rings is 1. The zero-order valence-electron chi connectivity index (χ0n) is 38.3. The number of aliphatic hydroxyl groups excluding tert-OH is 3. The third kappa shape index (κ3) is 6.89. The number of Topliss-reactive ketones (excluding diaryl/α,β-unsaturated/α-hetero) is 1. The van der Waals surface area contributed by atoms with Gasteiger partial charge in [0, 0.05) is 60.6 Å². The average Bonchev–Trinajstić information content (AvgIpc) is 3.71. The number of phenols is 3. The molecule has 7 N–H and O–H groups in total. The number of carbonyl (C=O) groups excluding carboxylic acids is 1. The van der Waals surface area contributed by atoms with Gasteiger partial charge in [-0.1, -0.05) is 86.4 Å². The molecule has 9 nitrogen and oxygen atoms in total. The fraction of sp³-hybridized carbons (Fsp3) is 0.589. The lowest BCUT2D eigenvalue weighted by Crippen LogP contribution is -2.75. The summed E-state index contributed by atoms with van der Waals surface area (Å²) in [5.41, 5.74) is 5.02. The summed E-state index contributed by atoms with van der Waals surface area (Å²) in [7, 11) is 1.50. The number of hydrogen-bond donors (Lipinski definition) is 7. The maximum absolute atomic E-state index is 15.7. The highest BCUT2D eigenvalue weighted by molar-refractivity contribution is 5.83. The van der Waals surface area contributed by atoms with Gasteiger partial charge >= 0.3 is 0 Å². The van der Waals surface area contributed by atoms with E-state index in [2.05, 4.69) is 42.3 Å². The molecule has 1 saturated heterocycles. The first-order valence-corrected chi connectivity index (χ1v) is 24.9. The van der Waals surface area contributed by atoms with Crippen molar-refractivity contribution in [1.82, 2.24) is 5.32 Å². The Morgan fingerprint density at radius 2 is 1.74 bits per heavy atom. The van der Waals surface area contributed by atoms with Crippen LogP contribution in [0.15, 0.2) is 66.2 Å². The van der Waals surface area contributed by atoms with Gasteiger partial charge in [-0.25, -0.2) is 0 Å². The van der Waals surface area contributed by atoms with Gasteiger partial charge in [-0.05, 0) is 145 Å². The van der Waals surface area contributed by atoms with Crippen LogP contribution < -0.4 is 10.1 Å². The maximum Gasteiger partial charge on any atom is 0.160 e. The minimum absolute atomic E-state index is 0.0212. The zero-order valence-corrected chi connectivity index (χ0v) is 38.3. The van der Waals surface area contributed by atoms with Gasteiger partial charge in [-0.2, -0.15) is 0 Å². The lowest BCUT2D eigenvalue weighted by Gasteiger charge is -2.74. The normalized spacial score (nSPS) is 36.5. The molecular weight excluding hydrogens is 815 g/mol. The molecule has 0 radical (unpaired) electrons. The number of allylic oxidation sites excluding steroid dienone is 2. The minimum Gasteiger partial charge on any atom is -0.504 e. The molecule has 1 heterocycles. The second-order valence-electron chi connectivity index (χ2n) is 21.3. The molecule has 0 amide bonds. The summed E-state index contributed by atoms with van der Waals surface area (Å²) in [4.78, 5) is 15.7. The zero-order chi connectivity index (χ0) is 45.3. The second-order valence-corrected chi connectivity index (χ2v) is 21.3. The number of benzene rings is 3. The van der Waals surface area contributed by atoms with E-state index in [4.69, 9.17) is 4.74 Å². The van der Waals surface area contributed by atoms with E-state index in [-0.39, 0.29) is 89.0 Å².